The smallest absolute Gasteiger partial charge is 0.173 e. The molecular formula is C19H22O4. The highest BCUT2D eigenvalue weighted by atomic mass is 16.5. The van der Waals surface area contributed by atoms with Gasteiger partial charge in [-0.3, -0.25) is 4.79 Å². The van der Waals surface area contributed by atoms with Crippen LogP contribution in [0.25, 0.3) is 5.57 Å². The van der Waals surface area contributed by atoms with Crippen LogP contribution in [0.3, 0.4) is 0 Å². The fraction of sp³-hybridized carbons (Fsp3) is 0.526. The van der Waals surface area contributed by atoms with E-state index in [0.29, 0.717) is 0 Å². The normalized spacial score (nSPS) is 31.7. The molecule has 1 aromatic rings. The molecule has 0 N–H and O–H groups in total. The Labute approximate surface area is 136 Å². The van der Waals surface area contributed by atoms with E-state index in [9.17, 15) is 4.79 Å². The highest BCUT2D eigenvalue weighted by Crippen LogP contribution is 2.55. The summed E-state index contributed by atoms with van der Waals surface area (Å²) in [5.74, 6) is 1.87. The number of Topliss-reactive ketones (excluding diaryl/α,β-unsaturated/α-hetero) is 1. The molecule has 2 fully saturated rings. The molecule has 4 atom stereocenters. The number of rotatable bonds is 3. The van der Waals surface area contributed by atoms with E-state index < -0.39 is 0 Å². The number of aryl methyl sites for hydroxylation is 2. The van der Waals surface area contributed by atoms with Crippen LogP contribution in [0.2, 0.25) is 0 Å². The van der Waals surface area contributed by atoms with Gasteiger partial charge in [0.05, 0.1) is 43.8 Å². The molecule has 0 saturated carbocycles. The molecule has 0 radical (unpaired) electrons. The molecule has 2 unspecified atom stereocenters. The van der Waals surface area contributed by atoms with Gasteiger partial charge in [-0.1, -0.05) is 0 Å². The second-order valence-electron chi connectivity index (χ2n) is 6.79. The van der Waals surface area contributed by atoms with Crippen molar-refractivity contribution in [3.05, 3.63) is 34.6 Å². The summed E-state index contributed by atoms with van der Waals surface area (Å²) in [6.45, 7) is 4.05. The lowest BCUT2D eigenvalue weighted by molar-refractivity contribution is -0.118. The number of hydrogen-bond acceptors (Lipinski definition) is 4. The Morgan fingerprint density at radius 1 is 1.00 bits per heavy atom. The van der Waals surface area contributed by atoms with Crippen molar-refractivity contribution in [2.24, 2.45) is 11.8 Å². The number of methoxy groups -OCH3 is 2. The maximum Gasteiger partial charge on any atom is 0.173 e. The molecule has 4 heteroatoms. The predicted octanol–water partition coefficient (Wildman–Crippen LogP) is 3.05. The summed E-state index contributed by atoms with van der Waals surface area (Å²) >= 11 is 0. The molecule has 1 aliphatic carbocycles. The Balaban J connectivity index is 1.88. The van der Waals surface area contributed by atoms with Gasteiger partial charge in [-0.25, -0.2) is 0 Å². The monoisotopic (exact) mass is 314 g/mol. The minimum atomic E-state index is -0.0559. The summed E-state index contributed by atoms with van der Waals surface area (Å²) in [6.07, 6.45) is 2.22. The zero-order chi connectivity index (χ0) is 16.3. The van der Waals surface area contributed by atoms with Crippen LogP contribution >= 0.6 is 0 Å². The van der Waals surface area contributed by atoms with Gasteiger partial charge in [0, 0.05) is 0 Å². The molecule has 0 aromatic heterocycles. The van der Waals surface area contributed by atoms with E-state index in [1.165, 1.54) is 0 Å². The van der Waals surface area contributed by atoms with Crippen LogP contribution in [0.15, 0.2) is 17.9 Å². The van der Waals surface area contributed by atoms with Crippen LogP contribution < -0.4 is 4.74 Å². The number of hydrogen-bond donors (Lipinski definition) is 0. The number of ether oxygens (including phenoxy) is 3. The molecule has 2 saturated heterocycles. The average Bonchev–Trinajstić information content (AvgIpc) is 3.20. The van der Waals surface area contributed by atoms with Crippen molar-refractivity contribution < 1.29 is 19.0 Å². The minimum Gasteiger partial charge on any atom is -0.500 e. The van der Waals surface area contributed by atoms with Gasteiger partial charge in [0.25, 0.3) is 0 Å². The SMILES string of the molecule is COC1=C(c2c(C)cc(OC)cc2C)C(=O)[C@H]2C3CCC(O3)[C@@H]12. The van der Waals surface area contributed by atoms with E-state index in [1.54, 1.807) is 14.2 Å². The van der Waals surface area contributed by atoms with Crippen molar-refractivity contribution in [2.75, 3.05) is 14.2 Å². The van der Waals surface area contributed by atoms with E-state index >= 15 is 0 Å². The standard InChI is InChI=1S/C19H22O4/c1-9-7-11(21-3)8-10(2)14(9)17-18(20)15-12-5-6-13(23-12)16(15)19(17)22-4/h7-8,12-13,15-16H,5-6H2,1-4H3/t12?,13?,15-,16+/m0/s1. The topological polar surface area (TPSA) is 44.8 Å². The Morgan fingerprint density at radius 3 is 2.17 bits per heavy atom. The third-order valence-electron chi connectivity index (χ3n) is 5.58. The molecular weight excluding hydrogens is 292 g/mol. The second-order valence-corrected chi connectivity index (χ2v) is 6.79. The first kappa shape index (κ1) is 14.8. The lowest BCUT2D eigenvalue weighted by Crippen LogP contribution is -2.29. The highest BCUT2D eigenvalue weighted by molar-refractivity contribution is 6.26. The van der Waals surface area contributed by atoms with Crippen molar-refractivity contribution in [1.82, 2.24) is 0 Å². The van der Waals surface area contributed by atoms with Crippen molar-refractivity contribution in [1.29, 1.82) is 0 Å². The largest absolute Gasteiger partial charge is 0.500 e. The number of ketones is 1. The molecule has 4 nitrogen and oxygen atoms in total. The van der Waals surface area contributed by atoms with Crippen LogP contribution in [-0.4, -0.2) is 32.2 Å². The fourth-order valence-corrected chi connectivity index (χ4v) is 4.72. The Kier molecular flexibility index (Phi) is 3.27. The first-order valence-corrected chi connectivity index (χ1v) is 8.20. The predicted molar refractivity (Wildman–Crippen MR) is 86.3 cm³/mol. The maximum atomic E-state index is 13.2. The molecule has 4 rings (SSSR count). The van der Waals surface area contributed by atoms with Crippen LogP contribution in [0.1, 0.15) is 29.5 Å². The summed E-state index contributed by atoms with van der Waals surface area (Å²) in [5, 5.41) is 0. The van der Waals surface area contributed by atoms with E-state index in [0.717, 1.165) is 46.6 Å². The van der Waals surface area contributed by atoms with Gasteiger partial charge in [0.2, 0.25) is 0 Å². The molecule has 2 bridgehead atoms. The van der Waals surface area contributed by atoms with Gasteiger partial charge in [-0.05, 0) is 55.5 Å². The zero-order valence-electron chi connectivity index (χ0n) is 14.0. The number of allylic oxidation sites excluding steroid dienone is 1. The molecule has 1 aromatic carbocycles. The lowest BCUT2D eigenvalue weighted by Gasteiger charge is -2.21. The number of carbonyl (C=O) groups excluding carboxylic acids is 1. The Hall–Kier alpha value is -1.81. The third-order valence-corrected chi connectivity index (χ3v) is 5.58. The number of benzene rings is 1. The van der Waals surface area contributed by atoms with Crippen LogP contribution in [0.5, 0.6) is 5.75 Å². The van der Waals surface area contributed by atoms with Gasteiger partial charge in [0.15, 0.2) is 5.78 Å². The Morgan fingerprint density at radius 2 is 1.61 bits per heavy atom. The zero-order valence-corrected chi connectivity index (χ0v) is 14.0. The summed E-state index contributed by atoms with van der Waals surface area (Å²) in [4.78, 5) is 13.2. The second kappa shape index (κ2) is 5.10. The van der Waals surface area contributed by atoms with Crippen LogP contribution in [0, 0.1) is 25.7 Å². The quantitative estimate of drug-likeness (QED) is 0.860. The molecule has 2 aliphatic heterocycles. The van der Waals surface area contributed by atoms with Crippen LogP contribution in [0.4, 0.5) is 0 Å². The lowest BCUT2D eigenvalue weighted by atomic mass is 9.80. The van der Waals surface area contributed by atoms with Gasteiger partial charge in [0.1, 0.15) is 11.5 Å². The summed E-state index contributed by atoms with van der Waals surface area (Å²) in [6, 6.07) is 3.96. The van der Waals surface area contributed by atoms with Crippen molar-refractivity contribution >= 4 is 11.4 Å². The first-order chi connectivity index (χ1) is 11.1. The van der Waals surface area contributed by atoms with E-state index in [4.69, 9.17) is 14.2 Å². The minimum absolute atomic E-state index is 0.0559. The summed E-state index contributed by atoms with van der Waals surface area (Å²) in [5.41, 5.74) is 3.86. The van der Waals surface area contributed by atoms with Crippen LogP contribution in [-0.2, 0) is 14.3 Å². The van der Waals surface area contributed by atoms with E-state index in [2.05, 4.69) is 0 Å². The summed E-state index contributed by atoms with van der Waals surface area (Å²) < 4.78 is 17.0. The summed E-state index contributed by atoms with van der Waals surface area (Å²) in [7, 11) is 3.33. The van der Waals surface area contributed by atoms with Gasteiger partial charge in [-0.2, -0.15) is 0 Å². The Bertz CT molecular complexity index is 695. The van der Waals surface area contributed by atoms with Gasteiger partial charge < -0.3 is 14.2 Å². The molecule has 122 valence electrons. The fourth-order valence-electron chi connectivity index (χ4n) is 4.72. The first-order valence-electron chi connectivity index (χ1n) is 8.20. The van der Waals surface area contributed by atoms with Crippen molar-refractivity contribution in [3.63, 3.8) is 0 Å². The molecule has 23 heavy (non-hydrogen) atoms. The van der Waals surface area contributed by atoms with E-state index in [-0.39, 0.29) is 29.8 Å². The molecule has 2 heterocycles. The third kappa shape index (κ3) is 1.91. The molecule has 0 amide bonds. The van der Waals surface area contributed by atoms with Gasteiger partial charge in [-0.15, -0.1) is 0 Å². The van der Waals surface area contributed by atoms with Crippen molar-refractivity contribution in [2.45, 2.75) is 38.9 Å². The maximum absolute atomic E-state index is 13.2. The molecule has 0 spiro atoms. The molecule has 3 aliphatic rings. The van der Waals surface area contributed by atoms with Gasteiger partial charge >= 0.3 is 0 Å². The number of fused-ring (bicyclic) bond motifs is 5. The average molecular weight is 314 g/mol. The number of carbonyl (C=O) groups is 1. The highest BCUT2D eigenvalue weighted by Gasteiger charge is 2.59. The van der Waals surface area contributed by atoms with E-state index in [1.807, 2.05) is 26.0 Å². The van der Waals surface area contributed by atoms with Crippen molar-refractivity contribution in [3.8, 4) is 5.75 Å².